The minimum atomic E-state index is -0.420. The van der Waals surface area contributed by atoms with Crippen molar-refractivity contribution in [2.45, 2.75) is 38.1 Å². The first-order valence-corrected chi connectivity index (χ1v) is 9.06. The Morgan fingerprint density at radius 3 is 1.68 bits per heavy atom. The van der Waals surface area contributed by atoms with E-state index in [-0.39, 0.29) is 105 Å². The predicted molar refractivity (Wildman–Crippen MR) is 130 cm³/mol. The number of hydrogen-bond donors (Lipinski definition) is 7. The lowest BCUT2D eigenvalue weighted by atomic mass is 9.93. The highest BCUT2D eigenvalue weighted by atomic mass is 35.5. The summed E-state index contributed by atoms with van der Waals surface area (Å²) in [7, 11) is 0. The van der Waals surface area contributed by atoms with Crippen LogP contribution in [0.3, 0.4) is 0 Å². The van der Waals surface area contributed by atoms with Crippen LogP contribution in [0, 0.1) is 5.92 Å². The van der Waals surface area contributed by atoms with Crippen LogP contribution in [0.5, 0.6) is 0 Å². The fourth-order valence-corrected chi connectivity index (χ4v) is 2.47. The Balaban J connectivity index is -0.000000563. The van der Waals surface area contributed by atoms with Crippen molar-refractivity contribution in [3.63, 3.8) is 0 Å². The smallest absolute Gasteiger partial charge is 0.234 e. The summed E-state index contributed by atoms with van der Waals surface area (Å²) in [6, 6.07) is -0.373. The SMILES string of the molecule is Cl.Cl.Cl.Cl.NCC(=O)NCCCCC(CCC(CNC(=O)CN)NC(=O)CN)C(N)=O. The fourth-order valence-electron chi connectivity index (χ4n) is 2.47. The molecule has 188 valence electrons. The van der Waals surface area contributed by atoms with Crippen LogP contribution < -0.4 is 38.9 Å². The van der Waals surface area contributed by atoms with E-state index in [0.717, 1.165) is 0 Å². The Labute approximate surface area is 207 Å². The minimum Gasteiger partial charge on any atom is -0.369 e. The molecule has 0 saturated heterocycles. The number of rotatable bonds is 15. The Morgan fingerprint density at radius 2 is 1.19 bits per heavy atom. The maximum Gasteiger partial charge on any atom is 0.234 e. The molecule has 0 spiro atoms. The molecule has 0 aliphatic rings. The Bertz CT molecular complexity index is 505. The number of nitrogens with two attached hydrogens (primary N) is 4. The van der Waals surface area contributed by atoms with Crippen LogP contribution in [-0.2, 0) is 19.2 Å². The summed E-state index contributed by atoms with van der Waals surface area (Å²) >= 11 is 0. The lowest BCUT2D eigenvalue weighted by Gasteiger charge is -2.21. The van der Waals surface area contributed by atoms with Gasteiger partial charge in [0.1, 0.15) is 0 Å². The normalized spacial score (nSPS) is 11.1. The van der Waals surface area contributed by atoms with E-state index in [1.807, 2.05) is 0 Å². The average molecular weight is 533 g/mol. The molecule has 0 radical (unpaired) electrons. The third kappa shape index (κ3) is 21.9. The average Bonchev–Trinajstić information content (AvgIpc) is 2.66. The van der Waals surface area contributed by atoms with Gasteiger partial charge in [-0.15, -0.1) is 49.6 Å². The Morgan fingerprint density at radius 1 is 0.677 bits per heavy atom. The van der Waals surface area contributed by atoms with E-state index >= 15 is 0 Å². The highest BCUT2D eigenvalue weighted by Gasteiger charge is 2.19. The summed E-state index contributed by atoms with van der Waals surface area (Å²) in [6.45, 7) is 0.304. The summed E-state index contributed by atoms with van der Waals surface area (Å²) in [5, 5.41) is 7.97. The van der Waals surface area contributed by atoms with Crippen molar-refractivity contribution < 1.29 is 19.2 Å². The zero-order chi connectivity index (χ0) is 20.7. The van der Waals surface area contributed by atoms with Crippen LogP contribution in [0.25, 0.3) is 0 Å². The standard InChI is InChI=1S/C16H33N7O4.4ClH/c17-7-13(24)21-6-2-1-3-11(16(20)27)4-5-12(23-15(26)9-19)10-22-14(25)8-18;;;;/h11-12H,1-10,17-19H2,(H2,20,27)(H,21,24)(H,22,25)(H,23,26);4*1H. The number of hydrogen-bond acceptors (Lipinski definition) is 7. The van der Waals surface area contributed by atoms with Gasteiger partial charge in [-0.3, -0.25) is 19.2 Å². The number of nitrogens with one attached hydrogen (secondary N) is 3. The van der Waals surface area contributed by atoms with Crippen LogP contribution >= 0.6 is 49.6 Å². The molecule has 0 fully saturated rings. The summed E-state index contributed by atoms with van der Waals surface area (Å²) in [5.41, 5.74) is 21.2. The van der Waals surface area contributed by atoms with Gasteiger partial charge >= 0.3 is 0 Å². The molecule has 0 aliphatic heterocycles. The van der Waals surface area contributed by atoms with Crippen LogP contribution in [0.15, 0.2) is 0 Å². The molecule has 0 aliphatic carbocycles. The van der Waals surface area contributed by atoms with Gasteiger partial charge < -0.3 is 38.9 Å². The quantitative estimate of drug-likeness (QED) is 0.122. The number of carbonyl (C=O) groups is 4. The number of primary amides is 1. The number of amides is 4. The van der Waals surface area contributed by atoms with Crippen LogP contribution in [-0.4, -0.2) is 62.4 Å². The second kappa shape index (κ2) is 25.2. The minimum absolute atomic E-state index is 0. The van der Waals surface area contributed by atoms with Crippen molar-refractivity contribution >= 4 is 73.3 Å². The molecule has 0 aromatic rings. The van der Waals surface area contributed by atoms with Crippen LogP contribution in [0.4, 0.5) is 0 Å². The molecule has 0 saturated carbocycles. The van der Waals surface area contributed by atoms with E-state index in [2.05, 4.69) is 16.0 Å². The molecule has 0 bridgehead atoms. The number of unbranched alkanes of at least 4 members (excludes halogenated alkanes) is 1. The Hall–Kier alpha value is -1.08. The third-order valence-corrected chi connectivity index (χ3v) is 4.03. The summed E-state index contributed by atoms with van der Waals surface area (Å²) in [4.78, 5) is 45.5. The number of carbonyl (C=O) groups excluding carboxylic acids is 4. The van der Waals surface area contributed by atoms with Gasteiger partial charge in [-0.25, -0.2) is 0 Å². The monoisotopic (exact) mass is 531 g/mol. The van der Waals surface area contributed by atoms with E-state index in [9.17, 15) is 19.2 Å². The maximum absolute atomic E-state index is 11.7. The molecule has 31 heavy (non-hydrogen) atoms. The zero-order valence-electron chi connectivity index (χ0n) is 17.3. The molecule has 0 aromatic carbocycles. The Kier molecular flexibility index (Phi) is 32.7. The maximum atomic E-state index is 11.7. The van der Waals surface area contributed by atoms with E-state index in [0.29, 0.717) is 38.6 Å². The van der Waals surface area contributed by atoms with Gasteiger partial charge in [0.2, 0.25) is 23.6 Å². The van der Waals surface area contributed by atoms with Gasteiger partial charge in [-0.1, -0.05) is 6.42 Å². The summed E-state index contributed by atoms with van der Waals surface area (Å²) in [5.74, 6) is -1.70. The summed E-state index contributed by atoms with van der Waals surface area (Å²) < 4.78 is 0. The highest BCUT2D eigenvalue weighted by molar-refractivity contribution is 5.86. The zero-order valence-corrected chi connectivity index (χ0v) is 20.6. The predicted octanol–water partition coefficient (Wildman–Crippen LogP) is -1.68. The van der Waals surface area contributed by atoms with Crippen molar-refractivity contribution in [2.24, 2.45) is 28.9 Å². The van der Waals surface area contributed by atoms with Crippen LogP contribution in [0.2, 0.25) is 0 Å². The van der Waals surface area contributed by atoms with E-state index in [1.165, 1.54) is 0 Å². The number of halogens is 4. The molecule has 0 heterocycles. The van der Waals surface area contributed by atoms with Crippen molar-refractivity contribution in [3.05, 3.63) is 0 Å². The van der Waals surface area contributed by atoms with E-state index in [1.54, 1.807) is 0 Å². The van der Waals surface area contributed by atoms with Gasteiger partial charge in [0.25, 0.3) is 0 Å². The van der Waals surface area contributed by atoms with Crippen molar-refractivity contribution in [3.8, 4) is 0 Å². The molecule has 15 heteroatoms. The topological polar surface area (TPSA) is 208 Å². The molecule has 2 unspecified atom stereocenters. The van der Waals surface area contributed by atoms with Crippen molar-refractivity contribution in [1.82, 2.24) is 16.0 Å². The van der Waals surface area contributed by atoms with Crippen LogP contribution in [0.1, 0.15) is 32.1 Å². The second-order valence-electron chi connectivity index (χ2n) is 6.20. The second-order valence-corrected chi connectivity index (χ2v) is 6.20. The first-order valence-electron chi connectivity index (χ1n) is 9.06. The molecular formula is C16H37Cl4N7O4. The van der Waals surface area contributed by atoms with Gasteiger partial charge in [0, 0.05) is 25.0 Å². The lowest BCUT2D eigenvalue weighted by Crippen LogP contribution is -2.47. The molecule has 0 rings (SSSR count). The first-order chi connectivity index (χ1) is 12.8. The molecular weight excluding hydrogens is 496 g/mol. The largest absolute Gasteiger partial charge is 0.369 e. The van der Waals surface area contributed by atoms with Gasteiger partial charge in [0.15, 0.2) is 0 Å². The third-order valence-electron chi connectivity index (χ3n) is 4.03. The molecule has 4 amide bonds. The first kappa shape index (κ1) is 40.3. The van der Waals surface area contributed by atoms with Gasteiger partial charge in [0.05, 0.1) is 19.6 Å². The van der Waals surface area contributed by atoms with E-state index in [4.69, 9.17) is 22.9 Å². The van der Waals surface area contributed by atoms with Gasteiger partial charge in [-0.05, 0) is 25.7 Å². The van der Waals surface area contributed by atoms with Crippen molar-refractivity contribution in [1.29, 1.82) is 0 Å². The summed E-state index contributed by atoms with van der Waals surface area (Å²) in [6.07, 6.45) is 2.89. The van der Waals surface area contributed by atoms with Crippen molar-refractivity contribution in [2.75, 3.05) is 32.7 Å². The van der Waals surface area contributed by atoms with E-state index < -0.39 is 5.91 Å². The lowest BCUT2D eigenvalue weighted by molar-refractivity contribution is -0.123. The molecule has 11 N–H and O–H groups in total. The van der Waals surface area contributed by atoms with Gasteiger partial charge in [-0.2, -0.15) is 0 Å². The molecule has 0 aromatic heterocycles. The fraction of sp³-hybridized carbons (Fsp3) is 0.750. The molecule has 11 nitrogen and oxygen atoms in total. The molecule has 2 atom stereocenters. The highest BCUT2D eigenvalue weighted by Crippen LogP contribution is 2.16.